The number of ether oxygens (including phenoxy) is 1. The third-order valence-corrected chi connectivity index (χ3v) is 7.15. The monoisotopic (exact) mass is 478 g/mol. The average Bonchev–Trinajstić information content (AvgIpc) is 3.60. The van der Waals surface area contributed by atoms with E-state index in [1.54, 1.807) is 11.8 Å². The lowest BCUT2D eigenvalue weighted by Gasteiger charge is -2.42. The van der Waals surface area contributed by atoms with E-state index in [9.17, 15) is 14.4 Å². The highest BCUT2D eigenvalue weighted by atomic mass is 16.5. The highest BCUT2D eigenvalue weighted by Gasteiger charge is 2.51. The molecule has 1 saturated carbocycles. The fourth-order valence-corrected chi connectivity index (χ4v) is 5.07. The second-order valence-electron chi connectivity index (χ2n) is 10.7. The first-order valence-electron chi connectivity index (χ1n) is 12.2. The van der Waals surface area contributed by atoms with E-state index >= 15 is 0 Å². The Morgan fingerprint density at radius 3 is 2.00 bits per heavy atom. The number of hydrogen-bond acceptors (Lipinski definition) is 4. The predicted molar refractivity (Wildman–Crippen MR) is 133 cm³/mol. The molecule has 7 heteroatoms. The van der Waals surface area contributed by atoms with Crippen LogP contribution >= 0.6 is 0 Å². The number of nitrogens with one attached hydrogen (secondary N) is 1. The summed E-state index contributed by atoms with van der Waals surface area (Å²) in [6.07, 6.45) is 0.849. The van der Waals surface area contributed by atoms with Gasteiger partial charge in [0.2, 0.25) is 5.91 Å². The summed E-state index contributed by atoms with van der Waals surface area (Å²) in [5, 5.41) is 12.0. The van der Waals surface area contributed by atoms with Crippen molar-refractivity contribution in [3.8, 4) is 11.1 Å². The van der Waals surface area contributed by atoms with Gasteiger partial charge < -0.3 is 20.1 Å². The van der Waals surface area contributed by atoms with Crippen LogP contribution in [0.25, 0.3) is 11.1 Å². The quantitative estimate of drug-likeness (QED) is 0.568. The molecule has 0 bridgehead atoms. The van der Waals surface area contributed by atoms with Crippen molar-refractivity contribution in [3.05, 3.63) is 59.7 Å². The smallest absolute Gasteiger partial charge is 0.408 e. The van der Waals surface area contributed by atoms with Crippen LogP contribution in [0.4, 0.5) is 4.79 Å². The number of carbonyl (C=O) groups is 3. The Labute approximate surface area is 206 Å². The van der Waals surface area contributed by atoms with Crippen molar-refractivity contribution in [2.75, 3.05) is 13.2 Å². The zero-order valence-corrected chi connectivity index (χ0v) is 20.8. The van der Waals surface area contributed by atoms with Gasteiger partial charge >= 0.3 is 12.1 Å². The predicted octanol–water partition coefficient (Wildman–Crippen LogP) is 4.80. The highest BCUT2D eigenvalue weighted by Crippen LogP contribution is 2.45. The van der Waals surface area contributed by atoms with Gasteiger partial charge in [-0.05, 0) is 68.7 Å². The molecule has 0 saturated heterocycles. The molecule has 0 spiro atoms. The minimum atomic E-state index is -1.16. The standard InChI is InChI=1S/C28H34N2O5/c1-27(2,3)30(16-15-24(31)32)25(33)28(4,18-13-14-18)29-26(34)35-17-23-21-11-7-5-9-19(21)20-10-6-8-12-22(20)23/h5-12,18,23H,13-17H2,1-4H3,(H,29,34)(H,31,32). The minimum Gasteiger partial charge on any atom is -0.481 e. The summed E-state index contributed by atoms with van der Waals surface area (Å²) >= 11 is 0. The van der Waals surface area contributed by atoms with Crippen LogP contribution in [0.3, 0.4) is 0 Å². The Morgan fingerprint density at radius 2 is 1.51 bits per heavy atom. The third-order valence-electron chi connectivity index (χ3n) is 7.15. The molecule has 0 heterocycles. The molecule has 2 aliphatic carbocycles. The molecule has 1 atom stereocenters. The van der Waals surface area contributed by atoms with Gasteiger partial charge in [-0.3, -0.25) is 9.59 Å². The average molecular weight is 479 g/mol. The fraction of sp³-hybridized carbons (Fsp3) is 0.464. The Morgan fingerprint density at radius 1 is 0.971 bits per heavy atom. The van der Waals surface area contributed by atoms with E-state index in [1.165, 1.54) is 0 Å². The normalized spacial score (nSPS) is 16.6. The van der Waals surface area contributed by atoms with Gasteiger partial charge in [0, 0.05) is 18.0 Å². The Hall–Kier alpha value is -3.35. The second-order valence-corrected chi connectivity index (χ2v) is 10.7. The van der Waals surface area contributed by atoms with Crippen molar-refractivity contribution in [1.82, 2.24) is 10.2 Å². The van der Waals surface area contributed by atoms with E-state index in [-0.39, 0.29) is 37.3 Å². The number of aliphatic carboxylic acids is 1. The van der Waals surface area contributed by atoms with Crippen LogP contribution in [0.1, 0.15) is 64.0 Å². The van der Waals surface area contributed by atoms with E-state index in [4.69, 9.17) is 9.84 Å². The summed E-state index contributed by atoms with van der Waals surface area (Å²) in [7, 11) is 0. The molecule has 186 valence electrons. The molecular formula is C28H34N2O5. The summed E-state index contributed by atoms with van der Waals surface area (Å²) in [5.74, 6) is -1.32. The van der Waals surface area contributed by atoms with Gasteiger partial charge in [-0.2, -0.15) is 0 Å². The van der Waals surface area contributed by atoms with E-state index in [2.05, 4.69) is 29.6 Å². The lowest BCUT2D eigenvalue weighted by Crippen LogP contribution is -2.63. The summed E-state index contributed by atoms with van der Waals surface area (Å²) in [4.78, 5) is 39.5. The van der Waals surface area contributed by atoms with E-state index in [1.807, 2.05) is 45.0 Å². The third kappa shape index (κ3) is 5.04. The van der Waals surface area contributed by atoms with E-state index < -0.39 is 23.1 Å². The number of alkyl carbamates (subject to hydrolysis) is 1. The Bertz CT molecular complexity index is 1090. The van der Waals surface area contributed by atoms with Crippen molar-refractivity contribution in [2.24, 2.45) is 5.92 Å². The maximum atomic E-state index is 13.7. The molecule has 2 N–H and O–H groups in total. The lowest BCUT2D eigenvalue weighted by molar-refractivity contribution is -0.145. The number of carboxylic acid groups (broad SMARTS) is 1. The molecule has 1 unspecified atom stereocenters. The molecule has 2 aromatic carbocycles. The molecule has 35 heavy (non-hydrogen) atoms. The van der Waals surface area contributed by atoms with E-state index in [0.29, 0.717) is 0 Å². The Balaban J connectivity index is 1.49. The van der Waals surface area contributed by atoms with Gasteiger partial charge in [0.15, 0.2) is 0 Å². The maximum absolute atomic E-state index is 13.7. The van der Waals surface area contributed by atoms with Crippen molar-refractivity contribution in [3.63, 3.8) is 0 Å². The van der Waals surface area contributed by atoms with Crippen LogP contribution in [-0.4, -0.2) is 52.2 Å². The fourth-order valence-electron chi connectivity index (χ4n) is 5.07. The van der Waals surface area contributed by atoms with Gasteiger partial charge in [0.25, 0.3) is 0 Å². The zero-order valence-electron chi connectivity index (χ0n) is 20.8. The molecule has 0 radical (unpaired) electrons. The number of hydrogen-bond donors (Lipinski definition) is 2. The molecule has 1 fully saturated rings. The largest absolute Gasteiger partial charge is 0.481 e. The maximum Gasteiger partial charge on any atom is 0.408 e. The topological polar surface area (TPSA) is 95.9 Å². The number of rotatable bonds is 8. The first kappa shape index (κ1) is 24.8. The van der Waals surface area contributed by atoms with Crippen LogP contribution < -0.4 is 5.32 Å². The molecule has 0 aliphatic heterocycles. The summed E-state index contributed by atoms with van der Waals surface area (Å²) in [6, 6.07) is 16.3. The van der Waals surface area contributed by atoms with Crippen molar-refractivity contribution >= 4 is 18.0 Å². The van der Waals surface area contributed by atoms with Gasteiger partial charge in [0.1, 0.15) is 12.1 Å². The molecule has 2 aromatic rings. The lowest BCUT2D eigenvalue weighted by atomic mass is 9.91. The first-order chi connectivity index (χ1) is 16.5. The van der Waals surface area contributed by atoms with E-state index in [0.717, 1.165) is 35.1 Å². The number of carboxylic acids is 1. The van der Waals surface area contributed by atoms with Crippen LogP contribution in [-0.2, 0) is 14.3 Å². The molecule has 0 aromatic heterocycles. The van der Waals surface area contributed by atoms with Crippen LogP contribution in [0.15, 0.2) is 48.5 Å². The van der Waals surface area contributed by atoms with Crippen molar-refractivity contribution in [1.29, 1.82) is 0 Å². The van der Waals surface area contributed by atoms with Crippen molar-refractivity contribution < 1.29 is 24.2 Å². The number of carbonyl (C=O) groups excluding carboxylic acids is 2. The van der Waals surface area contributed by atoms with Gasteiger partial charge in [-0.25, -0.2) is 4.79 Å². The van der Waals surface area contributed by atoms with Gasteiger partial charge in [0.05, 0.1) is 6.42 Å². The Kier molecular flexibility index (Phi) is 6.62. The number of fused-ring (bicyclic) bond motifs is 3. The summed E-state index contributed by atoms with van der Waals surface area (Å²) in [5.41, 5.74) is 2.79. The van der Waals surface area contributed by atoms with Gasteiger partial charge in [-0.1, -0.05) is 48.5 Å². The van der Waals surface area contributed by atoms with Crippen LogP contribution in [0, 0.1) is 5.92 Å². The summed E-state index contributed by atoms with van der Waals surface area (Å²) in [6.45, 7) is 7.57. The molecule has 2 aliphatic rings. The number of benzene rings is 2. The number of amides is 2. The van der Waals surface area contributed by atoms with Crippen LogP contribution in [0.2, 0.25) is 0 Å². The van der Waals surface area contributed by atoms with Crippen LogP contribution in [0.5, 0.6) is 0 Å². The van der Waals surface area contributed by atoms with Crippen molar-refractivity contribution in [2.45, 2.75) is 64.0 Å². The molecule has 7 nitrogen and oxygen atoms in total. The first-order valence-corrected chi connectivity index (χ1v) is 12.2. The summed E-state index contributed by atoms with van der Waals surface area (Å²) < 4.78 is 5.71. The molecule has 4 rings (SSSR count). The van der Waals surface area contributed by atoms with Gasteiger partial charge in [-0.15, -0.1) is 0 Å². The molecular weight excluding hydrogens is 444 g/mol. The zero-order chi connectivity index (χ0) is 25.4. The highest BCUT2D eigenvalue weighted by molar-refractivity contribution is 5.91. The molecule has 2 amide bonds. The minimum absolute atomic E-state index is 0.00911. The second kappa shape index (κ2) is 9.36. The SMILES string of the molecule is CC(NC(=O)OCC1c2ccccc2-c2ccccc21)(C(=O)N(CCC(=O)O)C(C)(C)C)C1CC1. The number of nitrogens with zero attached hydrogens (tertiary/aromatic N) is 1.